The second-order valence-electron chi connectivity index (χ2n) is 4.88. The van der Waals surface area contributed by atoms with Crippen molar-refractivity contribution in [1.82, 2.24) is 4.90 Å². The fourth-order valence-electron chi connectivity index (χ4n) is 2.41. The molecule has 2 N–H and O–H groups in total. The van der Waals surface area contributed by atoms with E-state index in [1.165, 1.54) is 12.8 Å². The van der Waals surface area contributed by atoms with Gasteiger partial charge in [0.2, 0.25) is 0 Å². The van der Waals surface area contributed by atoms with Crippen molar-refractivity contribution in [2.75, 3.05) is 26.8 Å². The molecule has 1 unspecified atom stereocenters. The van der Waals surface area contributed by atoms with Gasteiger partial charge >= 0.3 is 0 Å². The van der Waals surface area contributed by atoms with E-state index >= 15 is 0 Å². The Morgan fingerprint density at radius 3 is 2.84 bits per heavy atom. The maximum atomic E-state index is 6.12. The summed E-state index contributed by atoms with van der Waals surface area (Å²) in [6.07, 6.45) is 2.50. The first kappa shape index (κ1) is 15.3. The number of nitrogens with zero attached hydrogens (tertiary/aromatic N) is 1. The monoisotopic (exact) mass is 346 g/mol. The van der Waals surface area contributed by atoms with Crippen LogP contribution in [0, 0.1) is 0 Å². The lowest BCUT2D eigenvalue weighted by Gasteiger charge is -2.32. The molecule has 3 nitrogen and oxygen atoms in total. The predicted octanol–water partition coefficient (Wildman–Crippen LogP) is 3.21. The average molecular weight is 348 g/mol. The van der Waals surface area contributed by atoms with Crippen molar-refractivity contribution in [3.8, 4) is 0 Å². The standard InChI is InChI=1S/C14H20BrClN2O/c1-19-7-6-18(11-3-4-11)14(9-17)12-8-10(16)2-5-13(12)15/h2,5,8,11,14H,3-4,6-7,9,17H2,1H3. The number of hydrogen-bond donors (Lipinski definition) is 1. The average Bonchev–Trinajstić information content (AvgIpc) is 3.22. The van der Waals surface area contributed by atoms with Crippen LogP contribution in [0.25, 0.3) is 0 Å². The van der Waals surface area contributed by atoms with Gasteiger partial charge in [0.1, 0.15) is 0 Å². The second-order valence-corrected chi connectivity index (χ2v) is 6.17. The Labute approximate surface area is 128 Å². The van der Waals surface area contributed by atoms with Gasteiger partial charge < -0.3 is 10.5 Å². The van der Waals surface area contributed by atoms with E-state index < -0.39 is 0 Å². The molecule has 1 aliphatic rings. The molecule has 1 fully saturated rings. The zero-order chi connectivity index (χ0) is 13.8. The number of benzene rings is 1. The Bertz CT molecular complexity index is 426. The molecular formula is C14H20BrClN2O. The highest BCUT2D eigenvalue weighted by atomic mass is 79.9. The molecule has 0 radical (unpaired) electrons. The van der Waals surface area contributed by atoms with E-state index in [9.17, 15) is 0 Å². The Hall–Kier alpha value is -0.130. The van der Waals surface area contributed by atoms with E-state index in [1.54, 1.807) is 7.11 Å². The van der Waals surface area contributed by atoms with Crippen molar-refractivity contribution in [2.24, 2.45) is 5.73 Å². The number of ether oxygens (including phenoxy) is 1. The molecule has 1 aromatic rings. The molecule has 0 heterocycles. The molecule has 5 heteroatoms. The fraction of sp³-hybridized carbons (Fsp3) is 0.571. The highest BCUT2D eigenvalue weighted by Gasteiger charge is 2.34. The normalized spacial score (nSPS) is 16.9. The molecule has 1 atom stereocenters. The summed E-state index contributed by atoms with van der Waals surface area (Å²) in [5.41, 5.74) is 7.18. The summed E-state index contributed by atoms with van der Waals surface area (Å²) < 4.78 is 6.28. The van der Waals surface area contributed by atoms with Gasteiger partial charge in [-0.2, -0.15) is 0 Å². The molecule has 1 aromatic carbocycles. The molecule has 2 rings (SSSR count). The van der Waals surface area contributed by atoms with Gasteiger partial charge in [-0.15, -0.1) is 0 Å². The first-order valence-corrected chi connectivity index (χ1v) is 7.74. The predicted molar refractivity (Wildman–Crippen MR) is 82.6 cm³/mol. The van der Waals surface area contributed by atoms with Crippen molar-refractivity contribution >= 4 is 27.5 Å². The van der Waals surface area contributed by atoms with Crippen LogP contribution in [0.3, 0.4) is 0 Å². The van der Waals surface area contributed by atoms with Gasteiger partial charge in [-0.1, -0.05) is 27.5 Å². The first-order valence-electron chi connectivity index (χ1n) is 6.57. The number of hydrogen-bond acceptors (Lipinski definition) is 3. The Balaban J connectivity index is 2.22. The summed E-state index contributed by atoms with van der Waals surface area (Å²) >= 11 is 9.72. The SMILES string of the molecule is COCCN(C1CC1)C(CN)c1cc(Cl)ccc1Br. The molecule has 0 aliphatic heterocycles. The second kappa shape index (κ2) is 7.04. The van der Waals surface area contributed by atoms with Crippen molar-refractivity contribution in [1.29, 1.82) is 0 Å². The molecule has 0 spiro atoms. The third-order valence-corrected chi connectivity index (χ3v) is 4.47. The van der Waals surface area contributed by atoms with Gasteiger partial charge in [0.05, 0.1) is 6.61 Å². The molecule has 0 aromatic heterocycles. The third kappa shape index (κ3) is 3.92. The minimum absolute atomic E-state index is 0.190. The van der Waals surface area contributed by atoms with Crippen LogP contribution in [0.2, 0.25) is 5.02 Å². The van der Waals surface area contributed by atoms with E-state index in [-0.39, 0.29) is 6.04 Å². The van der Waals surface area contributed by atoms with Crippen molar-refractivity contribution in [3.63, 3.8) is 0 Å². The Morgan fingerprint density at radius 1 is 1.53 bits per heavy atom. The lowest BCUT2D eigenvalue weighted by Crippen LogP contribution is -2.38. The Kier molecular flexibility index (Phi) is 5.66. The fourth-order valence-corrected chi connectivity index (χ4v) is 3.10. The summed E-state index contributed by atoms with van der Waals surface area (Å²) in [6, 6.07) is 6.71. The highest BCUT2D eigenvalue weighted by Crippen LogP contribution is 2.37. The lowest BCUT2D eigenvalue weighted by atomic mass is 10.0. The summed E-state index contributed by atoms with van der Waals surface area (Å²) in [4.78, 5) is 2.44. The molecule has 0 saturated heterocycles. The molecule has 19 heavy (non-hydrogen) atoms. The molecule has 0 amide bonds. The van der Waals surface area contributed by atoms with E-state index in [1.807, 2.05) is 18.2 Å². The zero-order valence-electron chi connectivity index (χ0n) is 11.1. The highest BCUT2D eigenvalue weighted by molar-refractivity contribution is 9.10. The van der Waals surface area contributed by atoms with Crippen LogP contribution >= 0.6 is 27.5 Å². The van der Waals surface area contributed by atoms with Crippen LogP contribution in [-0.4, -0.2) is 37.7 Å². The van der Waals surface area contributed by atoms with Crippen LogP contribution in [-0.2, 0) is 4.74 Å². The third-order valence-electron chi connectivity index (χ3n) is 3.51. The number of methoxy groups -OCH3 is 1. The lowest BCUT2D eigenvalue weighted by molar-refractivity contribution is 0.115. The zero-order valence-corrected chi connectivity index (χ0v) is 13.5. The van der Waals surface area contributed by atoms with Crippen molar-refractivity contribution in [3.05, 3.63) is 33.3 Å². The van der Waals surface area contributed by atoms with Gasteiger partial charge in [-0.3, -0.25) is 4.90 Å². The number of rotatable bonds is 7. The molecule has 0 bridgehead atoms. The maximum Gasteiger partial charge on any atom is 0.0590 e. The quantitative estimate of drug-likeness (QED) is 0.823. The van der Waals surface area contributed by atoms with E-state index in [4.69, 9.17) is 22.1 Å². The van der Waals surface area contributed by atoms with Crippen LogP contribution in [0.1, 0.15) is 24.4 Å². The summed E-state index contributed by atoms with van der Waals surface area (Å²) in [6.45, 7) is 2.21. The van der Waals surface area contributed by atoms with Gasteiger partial charge in [0.25, 0.3) is 0 Å². The molecule has 1 saturated carbocycles. The summed E-state index contributed by atoms with van der Waals surface area (Å²) in [7, 11) is 1.73. The van der Waals surface area contributed by atoms with Crippen LogP contribution in [0.4, 0.5) is 0 Å². The summed E-state index contributed by atoms with van der Waals surface area (Å²) in [5.74, 6) is 0. The van der Waals surface area contributed by atoms with Crippen LogP contribution in [0.5, 0.6) is 0 Å². The smallest absolute Gasteiger partial charge is 0.0590 e. The van der Waals surface area contributed by atoms with Crippen LogP contribution in [0.15, 0.2) is 22.7 Å². The minimum atomic E-state index is 0.190. The van der Waals surface area contributed by atoms with Crippen molar-refractivity contribution < 1.29 is 4.74 Å². The summed E-state index contributed by atoms with van der Waals surface area (Å²) in [5, 5.41) is 0.749. The van der Waals surface area contributed by atoms with Gasteiger partial charge in [0.15, 0.2) is 0 Å². The van der Waals surface area contributed by atoms with E-state index in [0.717, 1.165) is 28.2 Å². The number of halogens is 2. The topological polar surface area (TPSA) is 38.5 Å². The largest absolute Gasteiger partial charge is 0.383 e. The van der Waals surface area contributed by atoms with Gasteiger partial charge in [-0.25, -0.2) is 0 Å². The molecular weight excluding hydrogens is 328 g/mol. The minimum Gasteiger partial charge on any atom is -0.383 e. The number of nitrogens with two attached hydrogens (primary N) is 1. The van der Waals surface area contributed by atoms with Crippen LogP contribution < -0.4 is 5.73 Å². The van der Waals surface area contributed by atoms with E-state index in [2.05, 4.69) is 20.8 Å². The maximum absolute atomic E-state index is 6.12. The Morgan fingerprint density at radius 2 is 2.26 bits per heavy atom. The van der Waals surface area contributed by atoms with Gasteiger partial charge in [0, 0.05) is 41.8 Å². The first-order chi connectivity index (χ1) is 9.17. The van der Waals surface area contributed by atoms with Gasteiger partial charge in [-0.05, 0) is 36.6 Å². The van der Waals surface area contributed by atoms with E-state index in [0.29, 0.717) is 12.6 Å². The molecule has 106 valence electrons. The van der Waals surface area contributed by atoms with Crippen molar-refractivity contribution in [2.45, 2.75) is 24.9 Å². The molecule has 1 aliphatic carbocycles.